The van der Waals surface area contributed by atoms with Crippen molar-refractivity contribution in [1.82, 2.24) is 9.80 Å². The normalized spacial score (nSPS) is 29.6. The molecular formula is C14H27N3O2. The summed E-state index contributed by atoms with van der Waals surface area (Å²) in [5.74, 6) is 0. The molecule has 2 rings (SSSR count). The third-order valence-electron chi connectivity index (χ3n) is 3.84. The molecule has 0 bridgehead atoms. The summed E-state index contributed by atoms with van der Waals surface area (Å²) in [7, 11) is 0. The summed E-state index contributed by atoms with van der Waals surface area (Å²) in [6.07, 6.45) is 3.57. The van der Waals surface area contributed by atoms with Crippen LogP contribution in [0.5, 0.6) is 0 Å². The van der Waals surface area contributed by atoms with Gasteiger partial charge < -0.3 is 15.4 Å². The van der Waals surface area contributed by atoms with Crippen molar-refractivity contribution < 1.29 is 9.53 Å². The average Bonchev–Trinajstić information content (AvgIpc) is 2.70. The molecule has 0 spiro atoms. The first kappa shape index (κ1) is 14.6. The van der Waals surface area contributed by atoms with Crippen molar-refractivity contribution in [1.29, 1.82) is 0 Å². The molecule has 2 saturated heterocycles. The monoisotopic (exact) mass is 269 g/mol. The highest BCUT2D eigenvalue weighted by molar-refractivity contribution is 5.68. The Morgan fingerprint density at radius 2 is 1.79 bits per heavy atom. The third kappa shape index (κ3) is 3.83. The molecular weight excluding hydrogens is 242 g/mol. The van der Waals surface area contributed by atoms with Crippen LogP contribution in [0.15, 0.2) is 0 Å². The molecule has 2 heterocycles. The largest absolute Gasteiger partial charge is 0.444 e. The van der Waals surface area contributed by atoms with Gasteiger partial charge in [-0.15, -0.1) is 0 Å². The number of likely N-dealkylation sites (tertiary alicyclic amines) is 2. The summed E-state index contributed by atoms with van der Waals surface area (Å²) in [6.45, 7) is 9.21. The van der Waals surface area contributed by atoms with Crippen LogP contribution < -0.4 is 5.73 Å². The lowest BCUT2D eigenvalue weighted by molar-refractivity contribution is 0.0276. The summed E-state index contributed by atoms with van der Waals surface area (Å²) in [4.78, 5) is 16.3. The molecule has 110 valence electrons. The van der Waals surface area contributed by atoms with Gasteiger partial charge in [0, 0.05) is 25.2 Å². The molecule has 5 heteroatoms. The van der Waals surface area contributed by atoms with Crippen molar-refractivity contribution in [3.63, 3.8) is 0 Å². The zero-order valence-electron chi connectivity index (χ0n) is 12.4. The summed E-state index contributed by atoms with van der Waals surface area (Å²) in [5.41, 5.74) is 5.77. The standard InChI is InChI=1S/C14H27N3O2/c1-14(2,3)19-13(18)17-9-11(15)12(10-17)16-7-5-4-6-8-16/h11-12H,4-10,15H2,1-3H3/t11-,12-/m1/s1. The van der Waals surface area contributed by atoms with E-state index in [9.17, 15) is 4.79 Å². The number of piperidine rings is 1. The Hall–Kier alpha value is -0.810. The number of nitrogens with zero attached hydrogens (tertiary/aromatic N) is 2. The van der Waals surface area contributed by atoms with E-state index in [4.69, 9.17) is 10.5 Å². The number of carbonyl (C=O) groups excluding carboxylic acids is 1. The van der Waals surface area contributed by atoms with Gasteiger partial charge in [0.1, 0.15) is 5.60 Å². The fraction of sp³-hybridized carbons (Fsp3) is 0.929. The molecule has 2 aliphatic heterocycles. The van der Waals surface area contributed by atoms with Crippen molar-refractivity contribution >= 4 is 6.09 Å². The van der Waals surface area contributed by atoms with Crippen molar-refractivity contribution in [3.05, 3.63) is 0 Å². The molecule has 0 radical (unpaired) electrons. The van der Waals surface area contributed by atoms with Crippen LogP contribution in [-0.2, 0) is 4.74 Å². The molecule has 2 atom stereocenters. The number of nitrogens with two attached hydrogens (primary N) is 1. The second-order valence-electron chi connectivity index (χ2n) is 6.71. The molecule has 19 heavy (non-hydrogen) atoms. The number of rotatable bonds is 1. The lowest BCUT2D eigenvalue weighted by Crippen LogP contribution is -2.49. The van der Waals surface area contributed by atoms with Gasteiger partial charge in [-0.25, -0.2) is 4.79 Å². The molecule has 0 saturated carbocycles. The minimum Gasteiger partial charge on any atom is -0.444 e. The van der Waals surface area contributed by atoms with Crippen molar-refractivity contribution in [2.45, 2.75) is 57.7 Å². The number of amides is 1. The van der Waals surface area contributed by atoms with E-state index >= 15 is 0 Å². The maximum absolute atomic E-state index is 12.1. The first-order chi connectivity index (χ1) is 8.87. The van der Waals surface area contributed by atoms with E-state index in [1.807, 2.05) is 20.8 Å². The molecule has 0 aromatic carbocycles. The van der Waals surface area contributed by atoms with Gasteiger partial charge in [0.25, 0.3) is 0 Å². The first-order valence-electron chi connectivity index (χ1n) is 7.34. The van der Waals surface area contributed by atoms with E-state index in [1.54, 1.807) is 4.90 Å². The Morgan fingerprint density at radius 3 is 2.37 bits per heavy atom. The Bertz CT molecular complexity index is 321. The molecule has 0 unspecified atom stereocenters. The van der Waals surface area contributed by atoms with Gasteiger partial charge in [0.2, 0.25) is 0 Å². The van der Waals surface area contributed by atoms with E-state index in [0.717, 1.165) is 13.1 Å². The van der Waals surface area contributed by atoms with Gasteiger partial charge in [-0.3, -0.25) is 4.90 Å². The lowest BCUT2D eigenvalue weighted by Gasteiger charge is -2.33. The first-order valence-corrected chi connectivity index (χ1v) is 7.34. The highest BCUT2D eigenvalue weighted by Crippen LogP contribution is 2.21. The molecule has 1 amide bonds. The fourth-order valence-electron chi connectivity index (χ4n) is 2.92. The second-order valence-corrected chi connectivity index (χ2v) is 6.71. The summed E-state index contributed by atoms with van der Waals surface area (Å²) < 4.78 is 5.42. The Labute approximate surface area is 116 Å². The van der Waals surface area contributed by atoms with Crippen LogP contribution in [0, 0.1) is 0 Å². The van der Waals surface area contributed by atoms with Crippen molar-refractivity contribution in [3.8, 4) is 0 Å². The van der Waals surface area contributed by atoms with Crippen LogP contribution in [0.3, 0.4) is 0 Å². The molecule has 5 nitrogen and oxygen atoms in total. The van der Waals surface area contributed by atoms with E-state index in [1.165, 1.54) is 19.3 Å². The number of carbonyl (C=O) groups is 1. The third-order valence-corrected chi connectivity index (χ3v) is 3.84. The zero-order chi connectivity index (χ0) is 14.0. The minimum atomic E-state index is -0.440. The zero-order valence-corrected chi connectivity index (χ0v) is 12.4. The van der Waals surface area contributed by atoms with Gasteiger partial charge in [-0.1, -0.05) is 6.42 Å². The van der Waals surface area contributed by atoms with Crippen LogP contribution in [0.2, 0.25) is 0 Å². The summed E-state index contributed by atoms with van der Waals surface area (Å²) in [6, 6.07) is 0.346. The van der Waals surface area contributed by atoms with Crippen molar-refractivity contribution in [2.75, 3.05) is 26.2 Å². The van der Waals surface area contributed by atoms with E-state index in [2.05, 4.69) is 4.90 Å². The highest BCUT2D eigenvalue weighted by Gasteiger charge is 2.38. The fourth-order valence-corrected chi connectivity index (χ4v) is 2.92. The Balaban J connectivity index is 1.91. The van der Waals surface area contributed by atoms with Crippen LogP contribution in [-0.4, -0.2) is 59.8 Å². The summed E-state index contributed by atoms with van der Waals surface area (Å²) in [5, 5.41) is 0. The average molecular weight is 269 g/mol. The molecule has 2 aliphatic rings. The predicted molar refractivity (Wildman–Crippen MR) is 75.0 cm³/mol. The molecule has 0 aromatic rings. The van der Waals surface area contributed by atoms with Gasteiger partial charge in [-0.2, -0.15) is 0 Å². The highest BCUT2D eigenvalue weighted by atomic mass is 16.6. The lowest BCUT2D eigenvalue weighted by atomic mass is 10.1. The van der Waals surface area contributed by atoms with Gasteiger partial charge in [0.05, 0.1) is 0 Å². The van der Waals surface area contributed by atoms with Gasteiger partial charge >= 0.3 is 6.09 Å². The maximum Gasteiger partial charge on any atom is 0.410 e. The van der Waals surface area contributed by atoms with Crippen LogP contribution in [0.1, 0.15) is 40.0 Å². The number of hydrogen-bond donors (Lipinski definition) is 1. The molecule has 0 aliphatic carbocycles. The van der Waals surface area contributed by atoms with E-state index < -0.39 is 5.60 Å². The Kier molecular flexibility index (Phi) is 4.36. The van der Waals surface area contributed by atoms with E-state index in [-0.39, 0.29) is 12.1 Å². The molecule has 2 N–H and O–H groups in total. The summed E-state index contributed by atoms with van der Waals surface area (Å²) >= 11 is 0. The smallest absolute Gasteiger partial charge is 0.410 e. The van der Waals surface area contributed by atoms with Crippen molar-refractivity contribution in [2.24, 2.45) is 5.73 Å². The van der Waals surface area contributed by atoms with Crippen LogP contribution >= 0.6 is 0 Å². The number of hydrogen-bond acceptors (Lipinski definition) is 4. The van der Waals surface area contributed by atoms with Gasteiger partial charge in [-0.05, 0) is 46.7 Å². The second kappa shape index (κ2) is 5.67. The minimum absolute atomic E-state index is 0.0469. The molecule has 2 fully saturated rings. The molecule has 0 aromatic heterocycles. The van der Waals surface area contributed by atoms with E-state index in [0.29, 0.717) is 19.1 Å². The SMILES string of the molecule is CC(C)(C)OC(=O)N1C[C@@H](N)[C@H](N2CCCCC2)C1. The van der Waals surface area contributed by atoms with Crippen LogP contribution in [0.25, 0.3) is 0 Å². The predicted octanol–water partition coefficient (Wildman–Crippen LogP) is 1.42. The number of ether oxygens (including phenoxy) is 1. The van der Waals surface area contributed by atoms with Gasteiger partial charge in [0.15, 0.2) is 0 Å². The Morgan fingerprint density at radius 1 is 1.16 bits per heavy atom. The topological polar surface area (TPSA) is 58.8 Å². The quantitative estimate of drug-likeness (QED) is 0.782. The van der Waals surface area contributed by atoms with Crippen LogP contribution in [0.4, 0.5) is 4.79 Å². The maximum atomic E-state index is 12.1.